The molecule has 124 valence electrons. The van der Waals surface area contributed by atoms with Gasteiger partial charge in [0.05, 0.1) is 5.56 Å². The minimum atomic E-state index is -0.351. The summed E-state index contributed by atoms with van der Waals surface area (Å²) in [6, 6.07) is 1.76. The van der Waals surface area contributed by atoms with Crippen LogP contribution < -0.4 is 0 Å². The zero-order valence-electron chi connectivity index (χ0n) is 13.9. The van der Waals surface area contributed by atoms with Gasteiger partial charge in [0.25, 0.3) is 5.91 Å². The van der Waals surface area contributed by atoms with Crippen molar-refractivity contribution >= 4 is 23.2 Å². The van der Waals surface area contributed by atoms with E-state index in [9.17, 15) is 9.59 Å². The Hall–Kier alpha value is -1.62. The molecular formula is C18H23NO3S. The maximum atomic E-state index is 12.1. The van der Waals surface area contributed by atoms with Crippen LogP contribution in [0.4, 0.5) is 0 Å². The Balaban J connectivity index is 1.49. The molecule has 4 nitrogen and oxygen atoms in total. The molecule has 0 aromatic carbocycles. The quantitative estimate of drug-likeness (QED) is 0.613. The lowest BCUT2D eigenvalue weighted by Crippen LogP contribution is -2.48. The van der Waals surface area contributed by atoms with Gasteiger partial charge in [-0.05, 0) is 47.1 Å². The minimum Gasteiger partial charge on any atom is -0.460 e. The van der Waals surface area contributed by atoms with Crippen molar-refractivity contribution in [3.8, 4) is 0 Å². The molecule has 1 aromatic heterocycles. The number of esters is 1. The summed E-state index contributed by atoms with van der Waals surface area (Å²) in [5, 5.41) is 3.63. The number of likely N-dealkylation sites (N-methyl/N-ethyl adjacent to an activating group) is 1. The number of hydrogen-bond donors (Lipinski definition) is 0. The number of fused-ring (bicyclic) bond motifs is 1. The molecule has 1 heterocycles. The number of thiophene rings is 1. The van der Waals surface area contributed by atoms with E-state index in [4.69, 9.17) is 4.74 Å². The Morgan fingerprint density at radius 1 is 1.43 bits per heavy atom. The topological polar surface area (TPSA) is 46.6 Å². The monoisotopic (exact) mass is 333 g/mol. The maximum Gasteiger partial charge on any atom is 0.325 e. The fourth-order valence-corrected chi connectivity index (χ4v) is 4.35. The van der Waals surface area contributed by atoms with Crippen LogP contribution in [0, 0.1) is 17.3 Å². The second-order valence-corrected chi connectivity index (χ2v) is 7.94. The fraction of sp³-hybridized carbons (Fsp3) is 0.556. The van der Waals surface area contributed by atoms with E-state index in [1.807, 2.05) is 5.38 Å². The molecule has 2 bridgehead atoms. The van der Waals surface area contributed by atoms with Crippen LogP contribution in [0.3, 0.4) is 0 Å². The number of nitrogens with zero attached hydrogens (tertiary/aromatic N) is 1. The Bertz CT molecular complexity index is 633. The van der Waals surface area contributed by atoms with Crippen LogP contribution in [0.5, 0.6) is 0 Å². The number of carbonyl (C=O) groups is 2. The third kappa shape index (κ3) is 3.07. The summed E-state index contributed by atoms with van der Waals surface area (Å²) in [6.07, 6.45) is 4.54. The van der Waals surface area contributed by atoms with Gasteiger partial charge >= 0.3 is 5.97 Å². The maximum absolute atomic E-state index is 12.1. The molecule has 3 aliphatic rings. The molecule has 3 aliphatic carbocycles. The van der Waals surface area contributed by atoms with Crippen LogP contribution in [0.2, 0.25) is 0 Å². The van der Waals surface area contributed by atoms with Gasteiger partial charge in [-0.3, -0.25) is 9.59 Å². The van der Waals surface area contributed by atoms with Gasteiger partial charge in [0.1, 0.15) is 13.2 Å². The highest BCUT2D eigenvalue weighted by Crippen LogP contribution is 2.59. The third-order valence-corrected chi connectivity index (χ3v) is 6.15. The van der Waals surface area contributed by atoms with E-state index in [-0.39, 0.29) is 18.4 Å². The Morgan fingerprint density at radius 2 is 2.22 bits per heavy atom. The average molecular weight is 333 g/mol. The van der Waals surface area contributed by atoms with E-state index >= 15 is 0 Å². The third-order valence-electron chi connectivity index (χ3n) is 5.46. The normalized spacial score (nSPS) is 24.4. The van der Waals surface area contributed by atoms with Crippen molar-refractivity contribution in [2.75, 3.05) is 20.2 Å². The molecule has 1 aromatic rings. The zero-order chi connectivity index (χ0) is 16.6. The van der Waals surface area contributed by atoms with Gasteiger partial charge in [-0.15, -0.1) is 0 Å². The smallest absolute Gasteiger partial charge is 0.325 e. The van der Waals surface area contributed by atoms with Crippen LogP contribution in [0.25, 0.3) is 0 Å². The first kappa shape index (κ1) is 16.2. The van der Waals surface area contributed by atoms with Crippen LogP contribution in [0.15, 0.2) is 28.5 Å². The SMILES string of the molecule is CN(CC(=O)OCC1=CC[C@H]2C[C@@H]1C2(C)C)C(=O)c1ccsc1. The molecule has 23 heavy (non-hydrogen) atoms. The molecule has 0 spiro atoms. The molecule has 0 N–H and O–H groups in total. The summed E-state index contributed by atoms with van der Waals surface area (Å²) in [7, 11) is 1.63. The molecule has 4 rings (SSSR count). The minimum absolute atomic E-state index is 0.0152. The van der Waals surface area contributed by atoms with E-state index in [1.54, 1.807) is 18.5 Å². The second kappa shape index (κ2) is 6.11. The highest BCUT2D eigenvalue weighted by molar-refractivity contribution is 7.08. The summed E-state index contributed by atoms with van der Waals surface area (Å²) in [5.74, 6) is 0.819. The molecule has 0 radical (unpaired) electrons. The molecule has 0 saturated heterocycles. The molecule has 1 amide bonds. The lowest BCUT2D eigenvalue weighted by atomic mass is 9.49. The molecule has 2 atom stereocenters. The molecular weight excluding hydrogens is 310 g/mol. The predicted molar refractivity (Wildman–Crippen MR) is 90.3 cm³/mol. The number of carbonyl (C=O) groups excluding carboxylic acids is 2. The zero-order valence-corrected chi connectivity index (χ0v) is 14.7. The molecule has 1 saturated carbocycles. The van der Waals surface area contributed by atoms with Crippen molar-refractivity contribution in [3.63, 3.8) is 0 Å². The number of allylic oxidation sites excluding steroid dienone is 1. The van der Waals surface area contributed by atoms with Crippen molar-refractivity contribution in [2.45, 2.75) is 26.7 Å². The Labute approximate surface area is 141 Å². The van der Waals surface area contributed by atoms with Gasteiger partial charge < -0.3 is 9.64 Å². The average Bonchev–Trinajstić information content (AvgIpc) is 3.06. The lowest BCUT2D eigenvalue weighted by Gasteiger charge is -2.56. The number of rotatable bonds is 5. The first-order chi connectivity index (χ1) is 10.9. The van der Waals surface area contributed by atoms with Crippen molar-refractivity contribution in [2.24, 2.45) is 17.3 Å². The van der Waals surface area contributed by atoms with E-state index in [0.717, 1.165) is 12.3 Å². The summed E-state index contributed by atoms with van der Waals surface area (Å²) >= 11 is 1.47. The van der Waals surface area contributed by atoms with Crippen LogP contribution in [-0.2, 0) is 9.53 Å². The van der Waals surface area contributed by atoms with Gasteiger partial charge in [0, 0.05) is 12.4 Å². The molecule has 0 aliphatic heterocycles. The van der Waals surface area contributed by atoms with Gasteiger partial charge in [-0.1, -0.05) is 19.9 Å². The molecule has 0 unspecified atom stereocenters. The highest BCUT2D eigenvalue weighted by Gasteiger charge is 2.51. The Morgan fingerprint density at radius 3 is 2.83 bits per heavy atom. The van der Waals surface area contributed by atoms with Gasteiger partial charge in [-0.2, -0.15) is 11.3 Å². The summed E-state index contributed by atoms with van der Waals surface area (Å²) in [4.78, 5) is 25.5. The standard InChI is InChI=1S/C18H23NO3S/c1-18(2)14-5-4-12(15(18)8-14)10-22-16(20)9-19(3)17(21)13-6-7-23-11-13/h4,6-7,11,14-15H,5,8-10H2,1-3H3/t14-,15-/m0/s1. The molecule has 5 heteroatoms. The van der Waals surface area contributed by atoms with E-state index < -0.39 is 0 Å². The summed E-state index contributed by atoms with van der Waals surface area (Å²) in [6.45, 7) is 4.95. The van der Waals surface area contributed by atoms with Crippen LogP contribution >= 0.6 is 11.3 Å². The second-order valence-electron chi connectivity index (χ2n) is 7.16. The van der Waals surface area contributed by atoms with Crippen molar-refractivity contribution in [1.82, 2.24) is 4.90 Å². The predicted octanol–water partition coefficient (Wildman–Crippen LogP) is 3.36. The van der Waals surface area contributed by atoms with Gasteiger partial charge in [0.2, 0.25) is 0 Å². The fourth-order valence-electron chi connectivity index (χ4n) is 3.72. The molecule has 1 fully saturated rings. The Kier molecular flexibility index (Phi) is 4.32. The lowest BCUT2D eigenvalue weighted by molar-refractivity contribution is -0.144. The highest BCUT2D eigenvalue weighted by atomic mass is 32.1. The largest absolute Gasteiger partial charge is 0.460 e. The first-order valence-corrected chi connectivity index (χ1v) is 8.96. The van der Waals surface area contributed by atoms with Crippen molar-refractivity contribution in [3.05, 3.63) is 34.0 Å². The van der Waals surface area contributed by atoms with Crippen molar-refractivity contribution < 1.29 is 14.3 Å². The summed E-state index contributed by atoms with van der Waals surface area (Å²) < 4.78 is 5.41. The van der Waals surface area contributed by atoms with Gasteiger partial charge in [-0.25, -0.2) is 0 Å². The number of amides is 1. The first-order valence-electron chi connectivity index (χ1n) is 8.01. The van der Waals surface area contributed by atoms with Crippen molar-refractivity contribution in [1.29, 1.82) is 0 Å². The van der Waals surface area contributed by atoms with Crippen LogP contribution in [-0.4, -0.2) is 37.0 Å². The van der Waals surface area contributed by atoms with Crippen LogP contribution in [0.1, 0.15) is 37.0 Å². The number of hydrogen-bond acceptors (Lipinski definition) is 4. The van der Waals surface area contributed by atoms with E-state index in [2.05, 4.69) is 19.9 Å². The van der Waals surface area contributed by atoms with E-state index in [0.29, 0.717) is 23.5 Å². The van der Waals surface area contributed by atoms with E-state index in [1.165, 1.54) is 28.2 Å². The summed E-state index contributed by atoms with van der Waals surface area (Å²) in [5.41, 5.74) is 2.20. The number of ether oxygens (including phenoxy) is 1. The van der Waals surface area contributed by atoms with Gasteiger partial charge in [0.15, 0.2) is 0 Å².